The fourth-order valence-corrected chi connectivity index (χ4v) is 5.72. The van der Waals surface area contributed by atoms with Crippen molar-refractivity contribution in [2.45, 2.75) is 31.5 Å². The number of methoxy groups -OCH3 is 1. The molecule has 2 aromatic heterocycles. The van der Waals surface area contributed by atoms with E-state index in [0.29, 0.717) is 47.3 Å². The molecule has 10 nitrogen and oxygen atoms in total. The molecule has 0 unspecified atom stereocenters. The summed E-state index contributed by atoms with van der Waals surface area (Å²) in [6.45, 7) is 3.19. The molecule has 41 heavy (non-hydrogen) atoms. The van der Waals surface area contributed by atoms with Crippen LogP contribution in [0.3, 0.4) is 0 Å². The zero-order chi connectivity index (χ0) is 28.5. The Labute approximate surface area is 235 Å². The first-order valence-corrected chi connectivity index (χ1v) is 13.7. The van der Waals surface area contributed by atoms with Crippen LogP contribution in [0.25, 0.3) is 11.0 Å². The molecule has 0 aliphatic carbocycles. The van der Waals surface area contributed by atoms with Gasteiger partial charge in [0.1, 0.15) is 29.2 Å². The Bertz CT molecular complexity index is 1570. The first kappa shape index (κ1) is 26.8. The van der Waals surface area contributed by atoms with Crippen molar-refractivity contribution in [1.29, 1.82) is 0 Å². The van der Waals surface area contributed by atoms with E-state index in [1.807, 2.05) is 18.2 Å². The lowest BCUT2D eigenvalue weighted by atomic mass is 10.0. The first-order valence-electron chi connectivity index (χ1n) is 13.7. The van der Waals surface area contributed by atoms with Gasteiger partial charge in [0.15, 0.2) is 0 Å². The molecule has 2 aliphatic rings. The lowest BCUT2D eigenvalue weighted by molar-refractivity contribution is 0.100. The summed E-state index contributed by atoms with van der Waals surface area (Å²) in [5, 5.41) is 6.92. The highest BCUT2D eigenvalue weighted by molar-refractivity contribution is 6.00. The Balaban J connectivity index is 1.21. The number of nitrogens with two attached hydrogens (primary N) is 1. The summed E-state index contributed by atoms with van der Waals surface area (Å²) in [5.74, 6) is 0.0400. The van der Waals surface area contributed by atoms with Gasteiger partial charge in [-0.3, -0.25) is 9.69 Å². The van der Waals surface area contributed by atoms with Crippen LogP contribution in [0.5, 0.6) is 5.75 Å². The highest BCUT2D eigenvalue weighted by Gasteiger charge is 2.30. The van der Waals surface area contributed by atoms with Gasteiger partial charge in [0.2, 0.25) is 5.95 Å². The zero-order valence-corrected chi connectivity index (χ0v) is 22.7. The number of primary amides is 1. The van der Waals surface area contributed by atoms with Gasteiger partial charge in [-0.2, -0.15) is 9.97 Å². The van der Waals surface area contributed by atoms with Gasteiger partial charge in [0, 0.05) is 50.2 Å². The normalized spacial score (nSPS) is 18.1. The minimum Gasteiger partial charge on any atom is -0.494 e. The number of H-pyrrole nitrogens is 1. The van der Waals surface area contributed by atoms with E-state index in [4.69, 9.17) is 10.5 Å². The van der Waals surface area contributed by atoms with E-state index in [0.717, 1.165) is 38.2 Å². The molecule has 2 saturated heterocycles. The molecule has 0 spiro atoms. The quantitative estimate of drug-likeness (QED) is 0.244. The van der Waals surface area contributed by atoms with E-state index in [9.17, 15) is 13.6 Å². The SMILES string of the molecule is COc1cc(N2CCC(N3CC[C@@H](F)C3)CC2)ccc1Nc1nc(Nc2cc(F)ccc2C(N)=O)c2cc[nH]c2n1. The Morgan fingerprint density at radius 2 is 1.88 bits per heavy atom. The highest BCUT2D eigenvalue weighted by Crippen LogP contribution is 2.35. The summed E-state index contributed by atoms with van der Waals surface area (Å²) in [7, 11) is 1.61. The molecule has 1 amide bonds. The number of carbonyl (C=O) groups is 1. The molecule has 2 fully saturated rings. The Morgan fingerprint density at radius 3 is 2.61 bits per heavy atom. The third-order valence-corrected chi connectivity index (χ3v) is 7.86. The van der Waals surface area contributed by atoms with Gasteiger partial charge in [-0.15, -0.1) is 0 Å². The van der Waals surface area contributed by atoms with Crippen molar-refractivity contribution in [2.24, 2.45) is 5.73 Å². The number of alkyl halides is 1. The van der Waals surface area contributed by atoms with Gasteiger partial charge in [-0.05, 0) is 55.7 Å². The zero-order valence-electron chi connectivity index (χ0n) is 22.7. The highest BCUT2D eigenvalue weighted by atomic mass is 19.1. The summed E-state index contributed by atoms with van der Waals surface area (Å²) < 4.78 is 33.4. The van der Waals surface area contributed by atoms with Crippen molar-refractivity contribution in [2.75, 3.05) is 48.8 Å². The van der Waals surface area contributed by atoms with Gasteiger partial charge >= 0.3 is 0 Å². The second-order valence-electron chi connectivity index (χ2n) is 10.4. The summed E-state index contributed by atoms with van der Waals surface area (Å²) in [6, 6.07) is 11.8. The number of nitrogens with one attached hydrogen (secondary N) is 3. The molecule has 1 atom stereocenters. The van der Waals surface area contributed by atoms with Gasteiger partial charge in [0.25, 0.3) is 5.91 Å². The molecule has 0 saturated carbocycles. The number of hydrogen-bond acceptors (Lipinski definition) is 8. The van der Waals surface area contributed by atoms with E-state index in [2.05, 4.69) is 35.4 Å². The predicted molar refractivity (Wildman–Crippen MR) is 155 cm³/mol. The number of ether oxygens (including phenoxy) is 1. The number of halogens is 2. The summed E-state index contributed by atoms with van der Waals surface area (Å²) in [4.78, 5) is 28.8. The molecule has 0 radical (unpaired) electrons. The molecule has 2 aromatic carbocycles. The monoisotopic (exact) mass is 562 g/mol. The largest absolute Gasteiger partial charge is 0.494 e. The van der Waals surface area contributed by atoms with Crippen LogP contribution in [0.4, 0.5) is 37.6 Å². The lowest BCUT2D eigenvalue weighted by Crippen LogP contribution is -2.44. The van der Waals surface area contributed by atoms with Crippen LogP contribution in [-0.2, 0) is 0 Å². The fourth-order valence-electron chi connectivity index (χ4n) is 5.72. The maximum absolute atomic E-state index is 14.0. The van der Waals surface area contributed by atoms with Gasteiger partial charge in [-0.25, -0.2) is 8.78 Å². The third-order valence-electron chi connectivity index (χ3n) is 7.86. The average molecular weight is 563 g/mol. The number of aromatic amines is 1. The third kappa shape index (κ3) is 5.60. The molecular weight excluding hydrogens is 530 g/mol. The Morgan fingerprint density at radius 1 is 1.05 bits per heavy atom. The average Bonchev–Trinajstić information content (AvgIpc) is 3.62. The van der Waals surface area contributed by atoms with Crippen LogP contribution >= 0.6 is 0 Å². The van der Waals surface area contributed by atoms with E-state index in [1.165, 1.54) is 18.2 Å². The molecule has 12 heteroatoms. The van der Waals surface area contributed by atoms with Crippen LogP contribution in [0, 0.1) is 5.82 Å². The second kappa shape index (κ2) is 11.2. The van der Waals surface area contributed by atoms with Crippen molar-refractivity contribution >= 4 is 45.8 Å². The molecule has 5 N–H and O–H groups in total. The van der Waals surface area contributed by atoms with Crippen molar-refractivity contribution in [1.82, 2.24) is 19.9 Å². The maximum atomic E-state index is 14.0. The van der Waals surface area contributed by atoms with Gasteiger partial charge < -0.3 is 31.0 Å². The lowest BCUT2D eigenvalue weighted by Gasteiger charge is -2.38. The van der Waals surface area contributed by atoms with Crippen LogP contribution in [0.15, 0.2) is 48.7 Å². The minimum atomic E-state index is -0.695. The predicted octanol–water partition coefficient (Wildman–Crippen LogP) is 4.70. The van der Waals surface area contributed by atoms with Crippen LogP contribution < -0.4 is 26.0 Å². The van der Waals surface area contributed by atoms with Crippen LogP contribution in [0.1, 0.15) is 29.6 Å². The van der Waals surface area contributed by atoms with Crippen molar-refractivity contribution in [3.63, 3.8) is 0 Å². The molecule has 2 aliphatic heterocycles. The first-order chi connectivity index (χ1) is 19.9. The minimum absolute atomic E-state index is 0.136. The smallest absolute Gasteiger partial charge is 0.250 e. The number of carbonyl (C=O) groups excluding carboxylic acids is 1. The number of rotatable bonds is 8. The van der Waals surface area contributed by atoms with Crippen molar-refractivity contribution in [3.05, 3.63) is 60.0 Å². The number of benzene rings is 2. The second-order valence-corrected chi connectivity index (χ2v) is 10.4. The van der Waals surface area contributed by atoms with E-state index >= 15 is 0 Å². The number of piperidine rings is 1. The number of fused-ring (bicyclic) bond motifs is 1. The van der Waals surface area contributed by atoms with Gasteiger partial charge in [-0.1, -0.05) is 0 Å². The van der Waals surface area contributed by atoms with Gasteiger partial charge in [0.05, 0.1) is 29.4 Å². The van der Waals surface area contributed by atoms with Crippen LogP contribution in [0.2, 0.25) is 0 Å². The van der Waals surface area contributed by atoms with Crippen molar-refractivity contribution < 1.29 is 18.3 Å². The summed E-state index contributed by atoms with van der Waals surface area (Å²) in [5.41, 5.74) is 8.08. The molecule has 214 valence electrons. The van der Waals surface area contributed by atoms with E-state index in [1.54, 1.807) is 19.4 Å². The summed E-state index contributed by atoms with van der Waals surface area (Å²) >= 11 is 0. The molecule has 0 bridgehead atoms. The molecular formula is C29H32F2N8O2. The Hall–Kier alpha value is -4.45. The molecule has 4 heterocycles. The topological polar surface area (TPSA) is 124 Å². The van der Waals surface area contributed by atoms with E-state index < -0.39 is 17.9 Å². The molecule has 6 rings (SSSR count). The molecule has 4 aromatic rings. The Kier molecular flexibility index (Phi) is 7.31. The number of nitrogens with zero attached hydrogens (tertiary/aromatic N) is 4. The van der Waals surface area contributed by atoms with E-state index in [-0.39, 0.29) is 17.2 Å². The summed E-state index contributed by atoms with van der Waals surface area (Å²) in [6.07, 6.45) is 3.66. The number of anilines is 5. The van der Waals surface area contributed by atoms with Crippen LogP contribution in [-0.4, -0.2) is 71.3 Å². The standard InChI is InChI=1S/C29H32F2N8O2/c1-41-25-15-20(38-12-8-19(9-13-38)39-11-7-18(31)16-39)3-5-23(25)35-29-36-27-22(6-10-33-27)28(37-29)34-24-14-17(30)2-4-21(24)26(32)40/h2-6,10,14-15,18-19H,7-9,11-13,16H2,1H3,(H2,32,40)(H3,33,34,35,36,37)/t18-/m1/s1. The van der Waals surface area contributed by atoms with Crippen molar-refractivity contribution in [3.8, 4) is 5.75 Å². The number of likely N-dealkylation sites (tertiary alicyclic amines) is 1. The number of aromatic nitrogens is 3. The number of amides is 1. The maximum Gasteiger partial charge on any atom is 0.250 e. The number of hydrogen-bond donors (Lipinski definition) is 4. The fraction of sp³-hybridized carbons (Fsp3) is 0.345.